The van der Waals surface area contributed by atoms with Crippen molar-refractivity contribution in [2.24, 2.45) is 5.92 Å². The fourth-order valence-corrected chi connectivity index (χ4v) is 2.18. The molecule has 0 aromatic heterocycles. The Morgan fingerprint density at radius 1 is 1.29 bits per heavy atom. The minimum Gasteiger partial charge on any atom is -0.459 e. The molecular formula is C12H21F2NO2. The highest BCUT2D eigenvalue weighted by molar-refractivity contribution is 5.70. The lowest BCUT2D eigenvalue weighted by molar-refractivity contribution is -0.169. The van der Waals surface area contributed by atoms with Crippen molar-refractivity contribution in [1.82, 2.24) is 5.32 Å². The van der Waals surface area contributed by atoms with E-state index in [-0.39, 0.29) is 5.92 Å². The van der Waals surface area contributed by atoms with Crippen LogP contribution in [-0.2, 0) is 9.53 Å². The van der Waals surface area contributed by atoms with Crippen LogP contribution in [-0.4, -0.2) is 30.6 Å². The van der Waals surface area contributed by atoms with Gasteiger partial charge < -0.3 is 10.1 Å². The molecule has 3 nitrogen and oxygen atoms in total. The number of piperidine rings is 1. The average molecular weight is 249 g/mol. The van der Waals surface area contributed by atoms with Crippen LogP contribution in [0.5, 0.6) is 0 Å². The van der Waals surface area contributed by atoms with Crippen molar-refractivity contribution in [1.29, 1.82) is 0 Å². The zero-order valence-corrected chi connectivity index (χ0v) is 10.7. The van der Waals surface area contributed by atoms with E-state index in [1.807, 2.05) is 0 Å². The first-order chi connectivity index (χ1) is 7.71. The predicted octanol–water partition coefficient (Wildman–Crippen LogP) is 2.35. The van der Waals surface area contributed by atoms with Crippen molar-refractivity contribution in [3.05, 3.63) is 0 Å². The molecule has 0 bridgehead atoms. The molecule has 1 rings (SSSR count). The van der Waals surface area contributed by atoms with Gasteiger partial charge in [-0.3, -0.25) is 4.79 Å². The maximum absolute atomic E-state index is 12.7. The Hall–Kier alpha value is -0.710. The number of hydrogen-bond donors (Lipinski definition) is 1. The maximum Gasteiger partial charge on any atom is 0.312 e. The van der Waals surface area contributed by atoms with Gasteiger partial charge in [0.25, 0.3) is 5.92 Å². The maximum atomic E-state index is 12.7. The van der Waals surface area contributed by atoms with Crippen LogP contribution in [0.3, 0.4) is 0 Å². The molecule has 1 fully saturated rings. The molecule has 1 saturated heterocycles. The second-order valence-electron chi connectivity index (χ2n) is 5.35. The van der Waals surface area contributed by atoms with E-state index in [4.69, 9.17) is 4.74 Å². The molecule has 0 aromatic carbocycles. The summed E-state index contributed by atoms with van der Waals surface area (Å²) in [6.45, 7) is 6.10. The SMILES string of the molecule is CC(F)(F)CC(=O)OC(C)(C)C1CCNCC1. The summed E-state index contributed by atoms with van der Waals surface area (Å²) < 4.78 is 30.6. The van der Waals surface area contributed by atoms with Gasteiger partial charge in [0.1, 0.15) is 12.0 Å². The van der Waals surface area contributed by atoms with Gasteiger partial charge in [-0.05, 0) is 46.7 Å². The summed E-state index contributed by atoms with van der Waals surface area (Å²) in [5.74, 6) is -3.58. The third-order valence-corrected chi connectivity index (χ3v) is 3.15. The Balaban J connectivity index is 2.50. The molecule has 0 aromatic rings. The Kier molecular flexibility index (Phi) is 4.47. The summed E-state index contributed by atoms with van der Waals surface area (Å²) in [6.07, 6.45) is 0.965. The van der Waals surface area contributed by atoms with Crippen molar-refractivity contribution in [2.45, 2.75) is 51.6 Å². The van der Waals surface area contributed by atoms with Crippen molar-refractivity contribution in [3.8, 4) is 0 Å². The Labute approximate surface area is 101 Å². The van der Waals surface area contributed by atoms with Crippen LogP contribution < -0.4 is 5.32 Å². The molecule has 1 aliphatic rings. The number of hydrogen-bond acceptors (Lipinski definition) is 3. The summed E-state index contributed by atoms with van der Waals surface area (Å²) in [6, 6.07) is 0. The fraction of sp³-hybridized carbons (Fsp3) is 0.917. The van der Waals surface area contributed by atoms with Crippen LogP contribution in [0.2, 0.25) is 0 Å². The molecule has 5 heteroatoms. The minimum absolute atomic E-state index is 0.234. The first kappa shape index (κ1) is 14.4. The van der Waals surface area contributed by atoms with E-state index in [1.165, 1.54) is 0 Å². The van der Waals surface area contributed by atoms with Crippen molar-refractivity contribution in [3.63, 3.8) is 0 Å². The molecule has 0 spiro atoms. The molecule has 0 amide bonds. The Morgan fingerprint density at radius 2 is 1.82 bits per heavy atom. The highest BCUT2D eigenvalue weighted by Gasteiger charge is 2.36. The molecule has 1 N–H and O–H groups in total. The van der Waals surface area contributed by atoms with Gasteiger partial charge in [0.2, 0.25) is 0 Å². The molecule has 100 valence electrons. The minimum atomic E-state index is -3.00. The molecule has 17 heavy (non-hydrogen) atoms. The van der Waals surface area contributed by atoms with Crippen LogP contribution in [0.1, 0.15) is 40.0 Å². The van der Waals surface area contributed by atoms with E-state index in [2.05, 4.69) is 5.32 Å². The fourth-order valence-electron chi connectivity index (χ4n) is 2.18. The second kappa shape index (κ2) is 5.29. The third-order valence-electron chi connectivity index (χ3n) is 3.15. The summed E-state index contributed by atoms with van der Waals surface area (Å²) in [7, 11) is 0. The van der Waals surface area contributed by atoms with Crippen LogP contribution in [0.15, 0.2) is 0 Å². The largest absolute Gasteiger partial charge is 0.459 e. The number of rotatable bonds is 4. The number of carbonyl (C=O) groups excluding carboxylic acids is 1. The highest BCUT2D eigenvalue weighted by Crippen LogP contribution is 2.30. The van der Waals surface area contributed by atoms with Gasteiger partial charge in [-0.15, -0.1) is 0 Å². The standard InChI is InChI=1S/C12H21F2NO2/c1-11(2,9-4-6-15-7-5-9)17-10(16)8-12(3,13)14/h9,15H,4-8H2,1-3H3. The first-order valence-electron chi connectivity index (χ1n) is 6.01. The van der Waals surface area contributed by atoms with E-state index >= 15 is 0 Å². The van der Waals surface area contributed by atoms with Crippen LogP contribution in [0.4, 0.5) is 8.78 Å². The second-order valence-corrected chi connectivity index (χ2v) is 5.35. The van der Waals surface area contributed by atoms with Crippen molar-refractivity contribution < 1.29 is 18.3 Å². The molecule has 0 atom stereocenters. The molecule has 0 aliphatic carbocycles. The van der Waals surface area contributed by atoms with Gasteiger partial charge in [0.05, 0.1) is 0 Å². The van der Waals surface area contributed by atoms with E-state index in [0.717, 1.165) is 32.9 Å². The Bertz CT molecular complexity index is 268. The lowest BCUT2D eigenvalue weighted by Gasteiger charge is -2.36. The molecule has 0 saturated carbocycles. The van der Waals surface area contributed by atoms with Crippen molar-refractivity contribution >= 4 is 5.97 Å². The predicted molar refractivity (Wildman–Crippen MR) is 61.0 cm³/mol. The lowest BCUT2D eigenvalue weighted by Crippen LogP contribution is -2.43. The van der Waals surface area contributed by atoms with Crippen LogP contribution >= 0.6 is 0 Å². The van der Waals surface area contributed by atoms with Gasteiger partial charge in [-0.1, -0.05) is 0 Å². The van der Waals surface area contributed by atoms with Gasteiger partial charge >= 0.3 is 5.97 Å². The lowest BCUT2D eigenvalue weighted by atomic mass is 9.83. The zero-order chi connectivity index (χ0) is 13.1. The summed E-state index contributed by atoms with van der Waals surface area (Å²) in [5.41, 5.74) is -0.662. The van der Waals surface area contributed by atoms with Gasteiger partial charge in [0, 0.05) is 5.92 Å². The summed E-state index contributed by atoms with van der Waals surface area (Å²) in [5, 5.41) is 3.22. The summed E-state index contributed by atoms with van der Waals surface area (Å²) >= 11 is 0. The van der Waals surface area contributed by atoms with Gasteiger partial charge in [-0.25, -0.2) is 8.78 Å². The normalized spacial score (nSPS) is 19.1. The number of nitrogens with one attached hydrogen (secondary N) is 1. The van der Waals surface area contributed by atoms with E-state index in [9.17, 15) is 13.6 Å². The van der Waals surface area contributed by atoms with E-state index < -0.39 is 23.9 Å². The van der Waals surface area contributed by atoms with E-state index in [0.29, 0.717) is 0 Å². The summed E-state index contributed by atoms with van der Waals surface area (Å²) in [4.78, 5) is 11.4. The molecule has 0 unspecified atom stereocenters. The van der Waals surface area contributed by atoms with Crippen LogP contribution in [0, 0.1) is 5.92 Å². The molecule has 1 heterocycles. The first-order valence-corrected chi connectivity index (χ1v) is 6.01. The monoisotopic (exact) mass is 249 g/mol. The number of esters is 1. The van der Waals surface area contributed by atoms with Gasteiger partial charge in [0.15, 0.2) is 0 Å². The average Bonchev–Trinajstić information content (AvgIpc) is 2.15. The topological polar surface area (TPSA) is 38.3 Å². The number of halogens is 2. The van der Waals surface area contributed by atoms with E-state index in [1.54, 1.807) is 13.8 Å². The molecule has 0 radical (unpaired) electrons. The smallest absolute Gasteiger partial charge is 0.312 e. The van der Waals surface area contributed by atoms with Crippen molar-refractivity contribution in [2.75, 3.05) is 13.1 Å². The zero-order valence-electron chi connectivity index (χ0n) is 10.7. The highest BCUT2D eigenvalue weighted by atomic mass is 19.3. The quantitative estimate of drug-likeness (QED) is 0.777. The number of carbonyl (C=O) groups is 1. The molecule has 1 aliphatic heterocycles. The Morgan fingerprint density at radius 3 is 2.29 bits per heavy atom. The van der Waals surface area contributed by atoms with Gasteiger partial charge in [-0.2, -0.15) is 0 Å². The number of ether oxygens (including phenoxy) is 1. The van der Waals surface area contributed by atoms with Crippen LogP contribution in [0.25, 0.3) is 0 Å². The molecular weight excluding hydrogens is 228 g/mol. The number of alkyl halides is 2. The third kappa shape index (κ3) is 4.98.